The summed E-state index contributed by atoms with van der Waals surface area (Å²) in [6, 6.07) is 2.05. The summed E-state index contributed by atoms with van der Waals surface area (Å²) in [5, 5.41) is 0.794. The van der Waals surface area contributed by atoms with Crippen LogP contribution in [0.1, 0.15) is 52.8 Å². The normalized spacial score (nSPS) is 12.9. The maximum Gasteiger partial charge on any atom is 0.0624 e. The third-order valence-corrected chi connectivity index (χ3v) is 2.81. The molecule has 0 saturated carbocycles. The first-order chi connectivity index (χ1) is 7.09. The van der Waals surface area contributed by atoms with Crippen molar-refractivity contribution in [3.63, 3.8) is 0 Å². The summed E-state index contributed by atoms with van der Waals surface area (Å²) in [5.41, 5.74) is 2.52. The summed E-state index contributed by atoms with van der Waals surface area (Å²) in [5.74, 6) is 0. The van der Waals surface area contributed by atoms with Crippen LogP contribution in [0.5, 0.6) is 0 Å². The number of hydrogen-bond donors (Lipinski definition) is 0. The molecule has 0 aromatic carbocycles. The van der Waals surface area contributed by atoms with E-state index in [4.69, 9.17) is 11.6 Å². The van der Waals surface area contributed by atoms with Crippen LogP contribution in [0.15, 0.2) is 12.3 Å². The lowest BCUT2D eigenvalue weighted by molar-refractivity contribution is 0.406. The van der Waals surface area contributed by atoms with Crippen LogP contribution >= 0.6 is 11.6 Å². The molecule has 1 rings (SSSR count). The average Bonchev–Trinajstić information content (AvgIpc) is 2.04. The molecule has 1 nitrogen and oxygen atoms in total. The maximum absolute atomic E-state index is 6.28. The molecular weight excluding hydrogens is 218 g/mol. The fourth-order valence-corrected chi connectivity index (χ4v) is 1.74. The Hall–Kier alpha value is -0.560. The summed E-state index contributed by atoms with van der Waals surface area (Å²) in [6.45, 7) is 13.1. The fourth-order valence-electron chi connectivity index (χ4n) is 1.51. The highest BCUT2D eigenvalue weighted by Gasteiger charge is 2.18. The molecule has 0 N–H and O–H groups in total. The summed E-state index contributed by atoms with van der Waals surface area (Å²) >= 11 is 6.28. The van der Waals surface area contributed by atoms with Crippen molar-refractivity contribution in [2.45, 2.75) is 53.4 Å². The highest BCUT2D eigenvalue weighted by Crippen LogP contribution is 2.28. The van der Waals surface area contributed by atoms with E-state index in [0.717, 1.165) is 17.1 Å². The second-order valence-corrected chi connectivity index (χ2v) is 7.05. The Balaban J connectivity index is 3.01. The van der Waals surface area contributed by atoms with Gasteiger partial charge in [-0.3, -0.25) is 4.98 Å². The van der Waals surface area contributed by atoms with Crippen molar-refractivity contribution < 1.29 is 0 Å². The predicted octanol–water partition coefficient (Wildman–Crippen LogP) is 4.62. The zero-order valence-corrected chi connectivity index (χ0v) is 11.9. The number of halogens is 1. The number of nitrogens with zero attached hydrogens (tertiary/aromatic N) is 1. The second kappa shape index (κ2) is 4.37. The SMILES string of the molecule is CC(C)(C)Cc1ncc(C(C)(C)C)cc1Cl. The molecule has 1 heterocycles. The third-order valence-electron chi connectivity index (χ3n) is 2.48. The van der Waals surface area contributed by atoms with Gasteiger partial charge in [0.2, 0.25) is 0 Å². The van der Waals surface area contributed by atoms with Crippen molar-refractivity contribution in [2.24, 2.45) is 5.41 Å². The smallest absolute Gasteiger partial charge is 0.0624 e. The monoisotopic (exact) mass is 239 g/mol. The Morgan fingerprint density at radius 3 is 2.06 bits per heavy atom. The lowest BCUT2D eigenvalue weighted by Gasteiger charge is -2.22. The van der Waals surface area contributed by atoms with Crippen LogP contribution in [-0.4, -0.2) is 4.98 Å². The predicted molar refractivity (Wildman–Crippen MR) is 71.1 cm³/mol. The van der Waals surface area contributed by atoms with Crippen molar-refractivity contribution in [3.8, 4) is 0 Å². The fraction of sp³-hybridized carbons (Fsp3) is 0.643. The molecule has 0 unspecified atom stereocenters. The molecule has 2 heteroatoms. The topological polar surface area (TPSA) is 12.9 Å². The maximum atomic E-state index is 6.28. The number of hydrogen-bond acceptors (Lipinski definition) is 1. The Morgan fingerprint density at radius 1 is 1.12 bits per heavy atom. The minimum atomic E-state index is 0.108. The first-order valence-corrected chi connectivity index (χ1v) is 6.12. The second-order valence-electron chi connectivity index (χ2n) is 6.64. The molecule has 0 fully saturated rings. The summed E-state index contributed by atoms with van der Waals surface area (Å²) < 4.78 is 0. The third kappa shape index (κ3) is 3.79. The van der Waals surface area contributed by atoms with Crippen molar-refractivity contribution >= 4 is 11.6 Å². The van der Waals surface area contributed by atoms with E-state index in [0.29, 0.717) is 0 Å². The number of aromatic nitrogens is 1. The standard InChI is InChI=1S/C14H22ClN/c1-13(2,3)8-12-11(15)7-10(9-16-12)14(4,5)6/h7,9H,8H2,1-6H3. The van der Waals surface area contributed by atoms with Gasteiger partial charge in [0.1, 0.15) is 0 Å². The molecule has 0 aliphatic heterocycles. The zero-order chi connectivity index (χ0) is 12.6. The van der Waals surface area contributed by atoms with Gasteiger partial charge in [0.15, 0.2) is 0 Å². The Kier molecular flexibility index (Phi) is 3.69. The molecule has 1 aromatic rings. The lowest BCUT2D eigenvalue weighted by atomic mass is 9.87. The van der Waals surface area contributed by atoms with E-state index >= 15 is 0 Å². The van der Waals surface area contributed by atoms with Crippen LogP contribution in [0.2, 0.25) is 5.02 Å². The molecule has 0 aliphatic rings. The molecule has 0 aliphatic carbocycles. The highest BCUT2D eigenvalue weighted by atomic mass is 35.5. The summed E-state index contributed by atoms with van der Waals surface area (Å²) in [7, 11) is 0. The minimum Gasteiger partial charge on any atom is -0.259 e. The van der Waals surface area contributed by atoms with E-state index in [2.05, 4.69) is 52.6 Å². The molecule has 16 heavy (non-hydrogen) atoms. The van der Waals surface area contributed by atoms with Gasteiger partial charge in [-0.05, 0) is 28.9 Å². The van der Waals surface area contributed by atoms with E-state index < -0.39 is 0 Å². The van der Waals surface area contributed by atoms with Crippen molar-refractivity contribution in [3.05, 3.63) is 28.5 Å². The molecule has 90 valence electrons. The van der Waals surface area contributed by atoms with E-state index in [1.54, 1.807) is 0 Å². The molecule has 1 aromatic heterocycles. The Labute approximate surface area is 104 Å². The summed E-state index contributed by atoms with van der Waals surface area (Å²) in [6.07, 6.45) is 2.86. The molecule has 0 bridgehead atoms. The van der Waals surface area contributed by atoms with Gasteiger partial charge in [-0.15, -0.1) is 0 Å². The highest BCUT2D eigenvalue weighted by molar-refractivity contribution is 6.31. The van der Waals surface area contributed by atoms with Crippen LogP contribution in [0.3, 0.4) is 0 Å². The van der Waals surface area contributed by atoms with Crippen molar-refractivity contribution in [1.29, 1.82) is 0 Å². The largest absolute Gasteiger partial charge is 0.259 e. The van der Waals surface area contributed by atoms with Gasteiger partial charge >= 0.3 is 0 Å². The van der Waals surface area contributed by atoms with Crippen LogP contribution in [0.25, 0.3) is 0 Å². The molecular formula is C14H22ClN. The lowest BCUT2D eigenvalue weighted by Crippen LogP contribution is -2.14. The van der Waals surface area contributed by atoms with Crippen LogP contribution < -0.4 is 0 Å². The number of pyridine rings is 1. The van der Waals surface area contributed by atoms with Gasteiger partial charge in [0.05, 0.1) is 10.7 Å². The van der Waals surface area contributed by atoms with Gasteiger partial charge in [-0.2, -0.15) is 0 Å². The van der Waals surface area contributed by atoms with Crippen molar-refractivity contribution in [2.75, 3.05) is 0 Å². The molecule has 0 atom stereocenters. The van der Waals surface area contributed by atoms with E-state index in [-0.39, 0.29) is 10.8 Å². The van der Waals surface area contributed by atoms with Gasteiger partial charge in [-0.1, -0.05) is 53.1 Å². The van der Waals surface area contributed by atoms with E-state index in [1.807, 2.05) is 6.20 Å². The van der Waals surface area contributed by atoms with Gasteiger partial charge in [0, 0.05) is 6.20 Å². The van der Waals surface area contributed by atoms with Gasteiger partial charge in [-0.25, -0.2) is 0 Å². The molecule has 0 amide bonds. The Bertz CT molecular complexity index is 369. The Morgan fingerprint density at radius 2 is 1.69 bits per heavy atom. The van der Waals surface area contributed by atoms with Gasteiger partial charge in [0.25, 0.3) is 0 Å². The summed E-state index contributed by atoms with van der Waals surface area (Å²) in [4.78, 5) is 4.50. The first-order valence-electron chi connectivity index (χ1n) is 5.74. The number of rotatable bonds is 1. The van der Waals surface area contributed by atoms with Crippen LogP contribution in [0.4, 0.5) is 0 Å². The zero-order valence-electron chi connectivity index (χ0n) is 11.2. The van der Waals surface area contributed by atoms with Crippen molar-refractivity contribution in [1.82, 2.24) is 4.98 Å². The van der Waals surface area contributed by atoms with E-state index in [1.165, 1.54) is 5.56 Å². The quantitative estimate of drug-likeness (QED) is 0.697. The van der Waals surface area contributed by atoms with E-state index in [9.17, 15) is 0 Å². The molecule has 0 spiro atoms. The van der Waals surface area contributed by atoms with Crippen LogP contribution in [-0.2, 0) is 11.8 Å². The first kappa shape index (κ1) is 13.5. The molecule has 0 radical (unpaired) electrons. The van der Waals surface area contributed by atoms with Crippen LogP contribution in [0, 0.1) is 5.41 Å². The van der Waals surface area contributed by atoms with Gasteiger partial charge < -0.3 is 0 Å². The minimum absolute atomic E-state index is 0.108. The molecule has 0 saturated heterocycles. The average molecular weight is 240 g/mol.